The lowest BCUT2D eigenvalue weighted by molar-refractivity contribution is 0.0949. The molecule has 0 aromatic heterocycles. The average molecular weight is 392 g/mol. The maximum absolute atomic E-state index is 12.3. The maximum Gasteiger partial charge on any atom is 0.255 e. The Morgan fingerprint density at radius 1 is 1.00 bits per heavy atom. The van der Waals surface area contributed by atoms with Crippen molar-refractivity contribution in [2.75, 3.05) is 11.9 Å². The zero-order chi connectivity index (χ0) is 18.7. The maximum atomic E-state index is 12.3. The van der Waals surface area contributed by atoms with Crippen molar-refractivity contribution >= 4 is 40.7 Å². The van der Waals surface area contributed by atoms with Crippen molar-refractivity contribution in [3.05, 3.63) is 63.6 Å². The molecule has 0 bridgehead atoms. The first kappa shape index (κ1) is 18.7. The summed E-state index contributed by atoms with van der Waals surface area (Å²) in [5.74, 6) is 0.0236. The molecular weight excluding hydrogens is 373 g/mol. The Morgan fingerprint density at radius 2 is 1.62 bits per heavy atom. The third-order valence-electron chi connectivity index (χ3n) is 4.26. The number of nitrogens with two attached hydrogens (primary N) is 1. The second kappa shape index (κ2) is 8.08. The summed E-state index contributed by atoms with van der Waals surface area (Å²) in [6.45, 7) is 0.470. The van der Waals surface area contributed by atoms with Crippen molar-refractivity contribution in [3.63, 3.8) is 0 Å². The van der Waals surface area contributed by atoms with Crippen molar-refractivity contribution in [3.8, 4) is 0 Å². The number of hydrogen-bond donors (Lipinski definition) is 3. The summed E-state index contributed by atoms with van der Waals surface area (Å²) in [5, 5.41) is 6.36. The topological polar surface area (TPSA) is 84.2 Å². The van der Waals surface area contributed by atoms with Crippen molar-refractivity contribution in [2.24, 2.45) is 11.7 Å². The first-order chi connectivity index (χ1) is 12.4. The molecule has 7 heteroatoms. The van der Waals surface area contributed by atoms with Crippen LogP contribution in [-0.2, 0) is 0 Å². The average Bonchev–Trinajstić information content (AvgIpc) is 3.44. The molecule has 1 atom stereocenters. The number of carbonyl (C=O) groups excluding carboxylic acids is 2. The Balaban J connectivity index is 1.58. The van der Waals surface area contributed by atoms with E-state index in [4.69, 9.17) is 28.9 Å². The second-order valence-electron chi connectivity index (χ2n) is 6.40. The van der Waals surface area contributed by atoms with Crippen LogP contribution >= 0.6 is 23.2 Å². The lowest BCUT2D eigenvalue weighted by Gasteiger charge is -2.12. The zero-order valence-corrected chi connectivity index (χ0v) is 15.5. The van der Waals surface area contributed by atoms with E-state index in [2.05, 4.69) is 10.6 Å². The number of anilines is 1. The monoisotopic (exact) mass is 391 g/mol. The van der Waals surface area contributed by atoms with E-state index in [9.17, 15) is 9.59 Å². The minimum Gasteiger partial charge on any atom is -0.350 e. The highest BCUT2D eigenvalue weighted by atomic mass is 35.5. The molecular formula is C19H19Cl2N3O2. The number of hydrogen-bond acceptors (Lipinski definition) is 3. The number of rotatable bonds is 6. The smallest absolute Gasteiger partial charge is 0.255 e. The zero-order valence-electron chi connectivity index (χ0n) is 14.0. The van der Waals surface area contributed by atoms with Crippen LogP contribution in [0.5, 0.6) is 0 Å². The van der Waals surface area contributed by atoms with Crippen LogP contribution < -0.4 is 16.4 Å². The molecule has 1 saturated carbocycles. The lowest BCUT2D eigenvalue weighted by atomic mass is 10.1. The van der Waals surface area contributed by atoms with Crippen LogP contribution in [0.3, 0.4) is 0 Å². The lowest BCUT2D eigenvalue weighted by Crippen LogP contribution is -2.38. The summed E-state index contributed by atoms with van der Waals surface area (Å²) in [6.07, 6.45) is 2.28. The SMILES string of the molecule is NC(CNC(=O)c1ccc(NC(=O)c2cc(Cl)cc(Cl)c2)cc1)C1CC1. The Kier molecular flexibility index (Phi) is 5.81. The molecule has 2 aromatic rings. The highest BCUT2D eigenvalue weighted by molar-refractivity contribution is 6.35. The van der Waals surface area contributed by atoms with Crippen molar-refractivity contribution in [2.45, 2.75) is 18.9 Å². The van der Waals surface area contributed by atoms with Gasteiger partial charge in [-0.05, 0) is 61.2 Å². The van der Waals surface area contributed by atoms with E-state index in [1.54, 1.807) is 30.3 Å². The number of benzene rings is 2. The van der Waals surface area contributed by atoms with Gasteiger partial charge in [-0.25, -0.2) is 0 Å². The Labute approximate surface area is 161 Å². The highest BCUT2D eigenvalue weighted by Crippen LogP contribution is 2.31. The number of nitrogens with one attached hydrogen (secondary N) is 2. The molecule has 1 unspecified atom stereocenters. The molecule has 0 aliphatic heterocycles. The molecule has 0 saturated heterocycles. The van der Waals surface area contributed by atoms with Crippen molar-refractivity contribution in [1.29, 1.82) is 0 Å². The minimum atomic E-state index is -0.331. The summed E-state index contributed by atoms with van der Waals surface area (Å²) in [6, 6.07) is 11.3. The third kappa shape index (κ3) is 4.97. The van der Waals surface area contributed by atoms with Gasteiger partial charge in [-0.2, -0.15) is 0 Å². The van der Waals surface area contributed by atoms with E-state index in [0.717, 1.165) is 12.8 Å². The van der Waals surface area contributed by atoms with Crippen molar-refractivity contribution < 1.29 is 9.59 Å². The predicted molar refractivity (Wildman–Crippen MR) is 104 cm³/mol. The van der Waals surface area contributed by atoms with Crippen LogP contribution in [0.2, 0.25) is 10.0 Å². The quantitative estimate of drug-likeness (QED) is 0.701. The van der Waals surface area contributed by atoms with E-state index in [1.165, 1.54) is 12.1 Å². The summed E-state index contributed by atoms with van der Waals surface area (Å²) < 4.78 is 0. The molecule has 26 heavy (non-hydrogen) atoms. The first-order valence-electron chi connectivity index (χ1n) is 8.33. The van der Waals surface area contributed by atoms with Gasteiger partial charge in [0.1, 0.15) is 0 Å². The predicted octanol–water partition coefficient (Wildman–Crippen LogP) is 3.71. The van der Waals surface area contributed by atoms with Crippen LogP contribution in [0, 0.1) is 5.92 Å². The van der Waals surface area contributed by atoms with Gasteiger partial charge in [0.2, 0.25) is 0 Å². The summed E-state index contributed by atoms with van der Waals surface area (Å²) >= 11 is 11.8. The fourth-order valence-electron chi connectivity index (χ4n) is 2.60. The fourth-order valence-corrected chi connectivity index (χ4v) is 3.12. The van der Waals surface area contributed by atoms with Gasteiger partial charge in [0.05, 0.1) is 0 Å². The van der Waals surface area contributed by atoms with Gasteiger partial charge in [-0.1, -0.05) is 23.2 Å². The van der Waals surface area contributed by atoms with E-state index in [0.29, 0.717) is 39.3 Å². The molecule has 0 heterocycles. The molecule has 1 aliphatic carbocycles. The van der Waals surface area contributed by atoms with E-state index >= 15 is 0 Å². The normalized spacial score (nSPS) is 14.6. The van der Waals surface area contributed by atoms with Gasteiger partial charge < -0.3 is 16.4 Å². The molecule has 4 N–H and O–H groups in total. The van der Waals surface area contributed by atoms with Gasteiger partial charge in [-0.3, -0.25) is 9.59 Å². The van der Waals surface area contributed by atoms with E-state index in [-0.39, 0.29) is 17.9 Å². The van der Waals surface area contributed by atoms with Crippen LogP contribution in [0.1, 0.15) is 33.6 Å². The van der Waals surface area contributed by atoms with Crippen LogP contribution in [0.4, 0.5) is 5.69 Å². The molecule has 3 rings (SSSR count). The highest BCUT2D eigenvalue weighted by Gasteiger charge is 2.28. The largest absolute Gasteiger partial charge is 0.350 e. The summed E-state index contributed by atoms with van der Waals surface area (Å²) in [4.78, 5) is 24.4. The molecule has 2 aromatic carbocycles. The third-order valence-corrected chi connectivity index (χ3v) is 4.69. The summed E-state index contributed by atoms with van der Waals surface area (Å²) in [7, 11) is 0. The molecule has 0 radical (unpaired) electrons. The summed E-state index contributed by atoms with van der Waals surface area (Å²) in [5.41, 5.74) is 7.42. The number of halogens is 2. The van der Waals surface area contributed by atoms with E-state index < -0.39 is 0 Å². The van der Waals surface area contributed by atoms with Crippen molar-refractivity contribution in [1.82, 2.24) is 5.32 Å². The van der Waals surface area contributed by atoms with Gasteiger partial charge in [0, 0.05) is 39.4 Å². The van der Waals surface area contributed by atoms with Crippen LogP contribution in [0.15, 0.2) is 42.5 Å². The van der Waals surface area contributed by atoms with Gasteiger partial charge in [-0.15, -0.1) is 0 Å². The Hall–Kier alpha value is -2.08. The molecule has 1 fully saturated rings. The molecule has 2 amide bonds. The Morgan fingerprint density at radius 3 is 2.19 bits per heavy atom. The van der Waals surface area contributed by atoms with Crippen LogP contribution in [0.25, 0.3) is 0 Å². The van der Waals surface area contributed by atoms with Crippen LogP contribution in [-0.4, -0.2) is 24.4 Å². The minimum absolute atomic E-state index is 0.0158. The standard InChI is InChI=1S/C19H19Cl2N3O2/c20-14-7-13(8-15(21)9-14)19(26)24-16-5-3-12(4-6-16)18(25)23-10-17(22)11-1-2-11/h3-9,11,17H,1-2,10,22H2,(H,23,25)(H,24,26). The molecule has 136 valence electrons. The number of carbonyl (C=O) groups is 2. The molecule has 5 nitrogen and oxygen atoms in total. The fraction of sp³-hybridized carbons (Fsp3) is 0.263. The van der Waals surface area contributed by atoms with Gasteiger partial charge in [0.15, 0.2) is 0 Å². The Bertz CT molecular complexity index is 800. The van der Waals surface area contributed by atoms with Gasteiger partial charge in [0.25, 0.3) is 11.8 Å². The molecule has 1 aliphatic rings. The molecule has 0 spiro atoms. The number of amides is 2. The second-order valence-corrected chi connectivity index (χ2v) is 7.27. The van der Waals surface area contributed by atoms with E-state index in [1.807, 2.05) is 0 Å². The first-order valence-corrected chi connectivity index (χ1v) is 9.09. The van der Waals surface area contributed by atoms with Gasteiger partial charge >= 0.3 is 0 Å².